The normalized spacial score (nSPS) is 7.91. The van der Waals surface area contributed by atoms with Crippen molar-refractivity contribution in [3.8, 4) is 0 Å². The molecule has 1 nitrogen and oxygen atoms in total. The molecule has 0 N–H and O–H groups in total. The Kier molecular flexibility index (Phi) is 5.09. The molecule has 0 aromatic heterocycles. The fraction of sp³-hybridized carbons (Fsp3) is 0.300. The quantitative estimate of drug-likeness (QED) is 0.519. The summed E-state index contributed by atoms with van der Waals surface area (Å²) in [5.41, 5.74) is 2.68. The van der Waals surface area contributed by atoms with E-state index in [0.29, 0.717) is 0 Å². The van der Waals surface area contributed by atoms with Crippen LogP contribution in [0.1, 0.15) is 18.1 Å². The zero-order valence-electron chi connectivity index (χ0n) is 7.29. The first-order valence-electron chi connectivity index (χ1n) is 3.63. The highest BCUT2D eigenvalue weighted by Crippen LogP contribution is 2.00. The SMILES string of the molecule is CC=O.Cc1cccc(C)c1. The Morgan fingerprint density at radius 2 is 1.55 bits per heavy atom. The van der Waals surface area contributed by atoms with Crippen LogP contribution < -0.4 is 0 Å². The lowest BCUT2D eigenvalue weighted by atomic mass is 10.2. The van der Waals surface area contributed by atoms with E-state index in [9.17, 15) is 0 Å². The summed E-state index contributed by atoms with van der Waals surface area (Å²) in [7, 11) is 0. The number of rotatable bonds is 0. The summed E-state index contributed by atoms with van der Waals surface area (Å²) < 4.78 is 0. The maximum absolute atomic E-state index is 8.81. The third kappa shape index (κ3) is 5.34. The van der Waals surface area contributed by atoms with Gasteiger partial charge in [0, 0.05) is 0 Å². The molecule has 1 rings (SSSR count). The lowest BCUT2D eigenvalue weighted by Gasteiger charge is -1.90. The van der Waals surface area contributed by atoms with Crippen LogP contribution in [0.3, 0.4) is 0 Å². The Morgan fingerprint density at radius 1 is 1.18 bits per heavy atom. The molecule has 1 heteroatoms. The first-order chi connectivity index (χ1) is 5.20. The summed E-state index contributed by atoms with van der Waals surface area (Å²) in [6.07, 6.45) is 0.750. The van der Waals surface area contributed by atoms with Crippen LogP contribution in [0.25, 0.3) is 0 Å². The minimum atomic E-state index is 0.750. The Morgan fingerprint density at radius 3 is 1.73 bits per heavy atom. The molecule has 0 unspecified atom stereocenters. The summed E-state index contributed by atoms with van der Waals surface area (Å²) in [6, 6.07) is 8.45. The molecule has 0 saturated heterocycles. The first kappa shape index (κ1) is 9.89. The Balaban J connectivity index is 0.000000292. The largest absolute Gasteiger partial charge is 0.304 e. The smallest absolute Gasteiger partial charge is 0.116 e. The molecule has 0 fully saturated rings. The van der Waals surface area contributed by atoms with E-state index >= 15 is 0 Å². The van der Waals surface area contributed by atoms with E-state index in [1.807, 2.05) is 0 Å². The van der Waals surface area contributed by atoms with Crippen LogP contribution in [0.4, 0.5) is 0 Å². The van der Waals surface area contributed by atoms with Crippen LogP contribution in [0.5, 0.6) is 0 Å². The number of carbonyl (C=O) groups excluding carboxylic acids is 1. The maximum Gasteiger partial charge on any atom is 0.116 e. The molecule has 0 aliphatic rings. The molecule has 0 spiro atoms. The van der Waals surface area contributed by atoms with E-state index in [-0.39, 0.29) is 0 Å². The highest BCUT2D eigenvalue weighted by Gasteiger charge is 1.80. The number of hydrogen-bond acceptors (Lipinski definition) is 1. The molecule has 0 aliphatic heterocycles. The zero-order chi connectivity index (χ0) is 8.69. The molecule has 0 amide bonds. The van der Waals surface area contributed by atoms with Gasteiger partial charge in [-0.1, -0.05) is 35.4 Å². The van der Waals surface area contributed by atoms with Crippen LogP contribution in [0, 0.1) is 13.8 Å². The average molecular weight is 150 g/mol. The number of aldehydes is 1. The first-order valence-corrected chi connectivity index (χ1v) is 3.63. The lowest BCUT2D eigenvalue weighted by Crippen LogP contribution is -1.71. The Bertz CT molecular complexity index is 199. The van der Waals surface area contributed by atoms with E-state index in [4.69, 9.17) is 4.79 Å². The van der Waals surface area contributed by atoms with Crippen LogP contribution in [0.2, 0.25) is 0 Å². The van der Waals surface area contributed by atoms with Gasteiger partial charge in [-0.05, 0) is 20.8 Å². The van der Waals surface area contributed by atoms with Crippen molar-refractivity contribution >= 4 is 6.29 Å². The summed E-state index contributed by atoms with van der Waals surface area (Å²) in [5, 5.41) is 0. The molecule has 1 aromatic carbocycles. The lowest BCUT2D eigenvalue weighted by molar-refractivity contribution is -0.106. The van der Waals surface area contributed by atoms with Gasteiger partial charge in [-0.25, -0.2) is 0 Å². The average Bonchev–Trinajstić information content (AvgIpc) is 1.88. The van der Waals surface area contributed by atoms with E-state index in [2.05, 4.69) is 38.1 Å². The van der Waals surface area contributed by atoms with Crippen LogP contribution in [-0.2, 0) is 4.79 Å². The molecule has 0 bridgehead atoms. The van der Waals surface area contributed by atoms with Gasteiger partial charge in [0.05, 0.1) is 0 Å². The third-order valence-corrected chi connectivity index (χ3v) is 1.17. The van der Waals surface area contributed by atoms with Crippen molar-refractivity contribution in [2.45, 2.75) is 20.8 Å². The van der Waals surface area contributed by atoms with Gasteiger partial charge in [0.25, 0.3) is 0 Å². The standard InChI is InChI=1S/C8H10.C2H4O/c1-7-4-3-5-8(2)6-7;1-2-3/h3-6H,1-2H3;2H,1H3. The molecule has 0 radical (unpaired) electrons. The van der Waals surface area contributed by atoms with Crippen molar-refractivity contribution in [1.29, 1.82) is 0 Å². The van der Waals surface area contributed by atoms with Gasteiger partial charge in [-0.15, -0.1) is 0 Å². The topological polar surface area (TPSA) is 17.1 Å². The minimum absolute atomic E-state index is 0.750. The van der Waals surface area contributed by atoms with Gasteiger partial charge in [-0.3, -0.25) is 0 Å². The fourth-order valence-corrected chi connectivity index (χ4v) is 0.807. The third-order valence-electron chi connectivity index (χ3n) is 1.17. The van der Waals surface area contributed by atoms with Crippen molar-refractivity contribution in [2.24, 2.45) is 0 Å². The van der Waals surface area contributed by atoms with Crippen LogP contribution in [-0.4, -0.2) is 6.29 Å². The summed E-state index contributed by atoms with van der Waals surface area (Å²) >= 11 is 0. The second-order valence-corrected chi connectivity index (χ2v) is 2.39. The number of hydrogen-bond donors (Lipinski definition) is 0. The van der Waals surface area contributed by atoms with Crippen molar-refractivity contribution in [1.82, 2.24) is 0 Å². The molecular formula is C10H14O. The summed E-state index contributed by atoms with van der Waals surface area (Å²) in [6.45, 7) is 5.65. The highest BCUT2D eigenvalue weighted by molar-refractivity contribution is 5.44. The van der Waals surface area contributed by atoms with Gasteiger partial charge in [0.2, 0.25) is 0 Å². The fourth-order valence-electron chi connectivity index (χ4n) is 0.807. The van der Waals surface area contributed by atoms with Gasteiger partial charge >= 0.3 is 0 Å². The van der Waals surface area contributed by atoms with Crippen molar-refractivity contribution in [3.63, 3.8) is 0 Å². The second kappa shape index (κ2) is 5.66. The predicted octanol–water partition coefficient (Wildman–Crippen LogP) is 2.51. The van der Waals surface area contributed by atoms with Crippen molar-refractivity contribution < 1.29 is 4.79 Å². The Hall–Kier alpha value is -1.11. The van der Waals surface area contributed by atoms with E-state index in [0.717, 1.165) is 6.29 Å². The summed E-state index contributed by atoms with van der Waals surface area (Å²) in [5.74, 6) is 0. The number of aryl methyl sites for hydroxylation is 2. The second-order valence-electron chi connectivity index (χ2n) is 2.39. The molecular weight excluding hydrogens is 136 g/mol. The molecule has 0 saturated carbocycles. The van der Waals surface area contributed by atoms with E-state index in [1.165, 1.54) is 18.1 Å². The number of carbonyl (C=O) groups is 1. The molecule has 60 valence electrons. The molecule has 0 atom stereocenters. The van der Waals surface area contributed by atoms with E-state index in [1.54, 1.807) is 0 Å². The van der Waals surface area contributed by atoms with Crippen molar-refractivity contribution in [3.05, 3.63) is 35.4 Å². The van der Waals surface area contributed by atoms with Gasteiger partial charge < -0.3 is 4.79 Å². The molecule has 0 aliphatic carbocycles. The minimum Gasteiger partial charge on any atom is -0.304 e. The Labute approximate surface area is 68.1 Å². The van der Waals surface area contributed by atoms with Gasteiger partial charge in [0.15, 0.2) is 0 Å². The van der Waals surface area contributed by atoms with Crippen LogP contribution >= 0.6 is 0 Å². The van der Waals surface area contributed by atoms with Gasteiger partial charge in [-0.2, -0.15) is 0 Å². The molecule has 1 aromatic rings. The van der Waals surface area contributed by atoms with Gasteiger partial charge in [0.1, 0.15) is 6.29 Å². The van der Waals surface area contributed by atoms with Crippen molar-refractivity contribution in [2.75, 3.05) is 0 Å². The van der Waals surface area contributed by atoms with Crippen LogP contribution in [0.15, 0.2) is 24.3 Å². The highest BCUT2D eigenvalue weighted by atomic mass is 16.1. The maximum atomic E-state index is 8.81. The summed E-state index contributed by atoms with van der Waals surface area (Å²) in [4.78, 5) is 8.81. The number of benzene rings is 1. The zero-order valence-corrected chi connectivity index (χ0v) is 7.29. The van der Waals surface area contributed by atoms with E-state index < -0.39 is 0 Å². The monoisotopic (exact) mass is 150 g/mol. The predicted molar refractivity (Wildman–Crippen MR) is 47.7 cm³/mol. The molecule has 11 heavy (non-hydrogen) atoms. The molecule has 0 heterocycles.